The van der Waals surface area contributed by atoms with Crippen molar-refractivity contribution in [1.82, 2.24) is 0 Å². The van der Waals surface area contributed by atoms with Gasteiger partial charge in [-0.15, -0.1) is 0 Å². The summed E-state index contributed by atoms with van der Waals surface area (Å²) in [7, 11) is 1.56. The van der Waals surface area contributed by atoms with Gasteiger partial charge in [0.05, 0.1) is 35.0 Å². The molecule has 0 spiro atoms. The predicted octanol–water partition coefficient (Wildman–Crippen LogP) is 6.77. The molecule has 3 rings (SSSR count). The molecule has 0 aromatic heterocycles. The number of nitrogens with zero attached hydrogens (tertiary/aromatic N) is 2. The Bertz CT molecular complexity index is 1150. The maximum absolute atomic E-state index is 9.13. The number of halogens is 3. The van der Waals surface area contributed by atoms with E-state index < -0.39 is 0 Å². The summed E-state index contributed by atoms with van der Waals surface area (Å²) >= 11 is 15.5. The standard InChI is InChI=1S/C23H17BrCl2N2O3/c1-29-22-9-18(12-28-31-14-17-5-3-2-4-16(17)11-27)19(24)10-23(22)30-13-15-6-7-20(25)21(26)8-15/h2-10,12H,13-14H2,1H3/b28-12-. The molecular weight excluding hydrogens is 503 g/mol. The van der Waals surface area contributed by atoms with Crippen LogP contribution in [0.15, 0.2) is 64.2 Å². The molecule has 5 nitrogen and oxygen atoms in total. The van der Waals surface area contributed by atoms with Gasteiger partial charge in [0, 0.05) is 15.6 Å². The number of hydrogen-bond acceptors (Lipinski definition) is 5. The van der Waals surface area contributed by atoms with Gasteiger partial charge >= 0.3 is 0 Å². The molecule has 0 saturated heterocycles. The molecule has 0 saturated carbocycles. The molecule has 0 aliphatic heterocycles. The fourth-order valence-corrected chi connectivity index (χ4v) is 3.41. The van der Waals surface area contributed by atoms with Crippen LogP contribution in [0.4, 0.5) is 0 Å². The van der Waals surface area contributed by atoms with E-state index in [4.69, 9.17) is 42.8 Å². The SMILES string of the molecule is COc1cc(/C=N\OCc2ccccc2C#N)c(Br)cc1OCc1ccc(Cl)c(Cl)c1. The zero-order valence-corrected chi connectivity index (χ0v) is 19.5. The Balaban J connectivity index is 1.67. The molecular formula is C23H17BrCl2N2O3. The normalized spacial score (nSPS) is 10.7. The van der Waals surface area contributed by atoms with Gasteiger partial charge in [-0.2, -0.15) is 5.26 Å². The topological polar surface area (TPSA) is 63.8 Å². The summed E-state index contributed by atoms with van der Waals surface area (Å²) in [4.78, 5) is 5.35. The molecule has 0 fully saturated rings. The van der Waals surface area contributed by atoms with Crippen LogP contribution in [-0.4, -0.2) is 13.3 Å². The molecule has 0 aliphatic carbocycles. The predicted molar refractivity (Wildman–Crippen MR) is 125 cm³/mol. The Kier molecular flexibility index (Phi) is 8.19. The summed E-state index contributed by atoms with van der Waals surface area (Å²) in [6.07, 6.45) is 1.56. The number of rotatable bonds is 8. The lowest BCUT2D eigenvalue weighted by molar-refractivity contribution is 0.132. The van der Waals surface area contributed by atoms with Crippen LogP contribution in [0.5, 0.6) is 11.5 Å². The van der Waals surface area contributed by atoms with Crippen molar-refractivity contribution in [1.29, 1.82) is 5.26 Å². The number of oxime groups is 1. The number of nitriles is 1. The first-order valence-electron chi connectivity index (χ1n) is 9.09. The molecule has 0 unspecified atom stereocenters. The molecule has 0 atom stereocenters. The average Bonchev–Trinajstić information content (AvgIpc) is 2.78. The maximum atomic E-state index is 9.13. The molecule has 0 bridgehead atoms. The second-order valence-electron chi connectivity index (χ2n) is 6.34. The Morgan fingerprint density at radius 1 is 1.03 bits per heavy atom. The fraction of sp³-hybridized carbons (Fsp3) is 0.130. The lowest BCUT2D eigenvalue weighted by Gasteiger charge is -2.13. The van der Waals surface area contributed by atoms with E-state index in [-0.39, 0.29) is 6.61 Å². The van der Waals surface area contributed by atoms with Crippen LogP contribution in [0.3, 0.4) is 0 Å². The number of ether oxygens (including phenoxy) is 2. The van der Waals surface area contributed by atoms with E-state index in [1.807, 2.05) is 18.2 Å². The van der Waals surface area contributed by atoms with Crippen molar-refractivity contribution in [3.63, 3.8) is 0 Å². The molecule has 0 amide bonds. The van der Waals surface area contributed by atoms with Gasteiger partial charge in [0.1, 0.15) is 13.2 Å². The van der Waals surface area contributed by atoms with Gasteiger partial charge in [0.25, 0.3) is 0 Å². The van der Waals surface area contributed by atoms with Crippen LogP contribution in [0.25, 0.3) is 0 Å². The lowest BCUT2D eigenvalue weighted by atomic mass is 10.1. The Morgan fingerprint density at radius 3 is 2.58 bits per heavy atom. The van der Waals surface area contributed by atoms with E-state index in [1.165, 1.54) is 0 Å². The van der Waals surface area contributed by atoms with Crippen molar-refractivity contribution < 1.29 is 14.3 Å². The Hall–Kier alpha value is -2.72. The van der Waals surface area contributed by atoms with Gasteiger partial charge < -0.3 is 14.3 Å². The van der Waals surface area contributed by atoms with Crippen molar-refractivity contribution in [2.45, 2.75) is 13.2 Å². The lowest BCUT2D eigenvalue weighted by Crippen LogP contribution is -1.99. The first-order valence-corrected chi connectivity index (χ1v) is 10.6. The third-order valence-electron chi connectivity index (χ3n) is 4.29. The minimum atomic E-state index is 0.194. The number of hydrogen-bond donors (Lipinski definition) is 0. The first-order chi connectivity index (χ1) is 15.0. The van der Waals surface area contributed by atoms with Crippen molar-refractivity contribution in [2.75, 3.05) is 7.11 Å². The zero-order valence-electron chi connectivity index (χ0n) is 16.4. The summed E-state index contributed by atoms with van der Waals surface area (Å²) in [5.41, 5.74) is 2.95. The van der Waals surface area contributed by atoms with Crippen LogP contribution in [0.1, 0.15) is 22.3 Å². The molecule has 0 aliphatic rings. The monoisotopic (exact) mass is 518 g/mol. The molecule has 0 N–H and O–H groups in total. The second-order valence-corrected chi connectivity index (χ2v) is 8.01. The number of methoxy groups -OCH3 is 1. The average molecular weight is 520 g/mol. The van der Waals surface area contributed by atoms with E-state index in [2.05, 4.69) is 27.2 Å². The highest BCUT2D eigenvalue weighted by Gasteiger charge is 2.11. The quantitative estimate of drug-likeness (QED) is 0.243. The smallest absolute Gasteiger partial charge is 0.162 e. The van der Waals surface area contributed by atoms with Crippen LogP contribution in [0.2, 0.25) is 10.0 Å². The molecule has 0 radical (unpaired) electrons. The van der Waals surface area contributed by atoms with Gasteiger partial charge in [0.2, 0.25) is 0 Å². The van der Waals surface area contributed by atoms with Crippen molar-refractivity contribution in [3.05, 3.63) is 91.4 Å². The van der Waals surface area contributed by atoms with E-state index >= 15 is 0 Å². The summed E-state index contributed by atoms with van der Waals surface area (Å²) in [5.74, 6) is 1.10. The van der Waals surface area contributed by atoms with Gasteiger partial charge in [-0.25, -0.2) is 0 Å². The molecule has 3 aromatic rings. The Labute approximate surface area is 198 Å². The van der Waals surface area contributed by atoms with Crippen LogP contribution in [-0.2, 0) is 18.1 Å². The molecule has 31 heavy (non-hydrogen) atoms. The highest BCUT2D eigenvalue weighted by Crippen LogP contribution is 2.34. The first kappa shape index (κ1) is 23.0. The van der Waals surface area contributed by atoms with Gasteiger partial charge in [-0.05, 0) is 51.8 Å². The van der Waals surface area contributed by atoms with E-state index in [1.54, 1.807) is 49.7 Å². The second kappa shape index (κ2) is 11.1. The highest BCUT2D eigenvalue weighted by molar-refractivity contribution is 9.10. The van der Waals surface area contributed by atoms with Crippen LogP contribution in [0, 0.1) is 11.3 Å². The zero-order chi connectivity index (χ0) is 22.2. The highest BCUT2D eigenvalue weighted by atomic mass is 79.9. The van der Waals surface area contributed by atoms with Crippen LogP contribution >= 0.6 is 39.1 Å². The summed E-state index contributed by atoms with van der Waals surface area (Å²) in [6.45, 7) is 0.494. The molecule has 0 heterocycles. The van der Waals surface area contributed by atoms with E-state index in [0.29, 0.717) is 33.7 Å². The molecule has 8 heteroatoms. The minimum absolute atomic E-state index is 0.194. The van der Waals surface area contributed by atoms with E-state index in [0.717, 1.165) is 21.2 Å². The fourth-order valence-electron chi connectivity index (χ4n) is 2.67. The summed E-state index contributed by atoms with van der Waals surface area (Å²) in [5, 5.41) is 14.1. The summed E-state index contributed by atoms with van der Waals surface area (Å²) in [6, 6.07) is 18.3. The van der Waals surface area contributed by atoms with Crippen molar-refractivity contribution in [2.24, 2.45) is 5.16 Å². The third kappa shape index (κ3) is 6.14. The van der Waals surface area contributed by atoms with Gasteiger partial charge in [0.15, 0.2) is 11.5 Å². The van der Waals surface area contributed by atoms with Crippen LogP contribution < -0.4 is 9.47 Å². The maximum Gasteiger partial charge on any atom is 0.162 e. The van der Waals surface area contributed by atoms with E-state index in [9.17, 15) is 0 Å². The summed E-state index contributed by atoms with van der Waals surface area (Å²) < 4.78 is 12.1. The minimum Gasteiger partial charge on any atom is -0.493 e. The Morgan fingerprint density at radius 2 is 1.84 bits per heavy atom. The van der Waals surface area contributed by atoms with Crippen molar-refractivity contribution in [3.8, 4) is 17.6 Å². The third-order valence-corrected chi connectivity index (χ3v) is 5.71. The largest absolute Gasteiger partial charge is 0.493 e. The van der Waals surface area contributed by atoms with Crippen molar-refractivity contribution >= 4 is 45.3 Å². The van der Waals surface area contributed by atoms with Gasteiger partial charge in [-0.3, -0.25) is 0 Å². The van der Waals surface area contributed by atoms with Gasteiger partial charge in [-0.1, -0.05) is 52.6 Å². The number of benzene rings is 3. The molecule has 3 aromatic carbocycles. The molecule has 158 valence electrons.